The summed E-state index contributed by atoms with van der Waals surface area (Å²) in [6, 6.07) is 4.61. The molecule has 0 spiro atoms. The topological polar surface area (TPSA) is 96.9 Å². The van der Waals surface area contributed by atoms with Gasteiger partial charge in [0, 0.05) is 19.0 Å². The van der Waals surface area contributed by atoms with Crippen LogP contribution in [0.2, 0.25) is 0 Å². The van der Waals surface area contributed by atoms with E-state index in [9.17, 15) is 9.59 Å². The summed E-state index contributed by atoms with van der Waals surface area (Å²) in [6.45, 7) is 2.02. The highest BCUT2D eigenvalue weighted by atomic mass is 16.5. The molecule has 0 aromatic heterocycles. The van der Waals surface area contributed by atoms with Crippen molar-refractivity contribution in [3.63, 3.8) is 0 Å². The van der Waals surface area contributed by atoms with Crippen LogP contribution in [-0.2, 0) is 4.79 Å². The number of carbonyl (C=O) groups is 2. The maximum Gasteiger partial charge on any atom is 0.319 e. The van der Waals surface area contributed by atoms with Gasteiger partial charge in [-0.25, -0.2) is 4.79 Å². The second-order valence-electron chi connectivity index (χ2n) is 4.60. The summed E-state index contributed by atoms with van der Waals surface area (Å²) >= 11 is 0. The smallest absolute Gasteiger partial charge is 0.319 e. The molecule has 0 saturated heterocycles. The molecule has 0 bridgehead atoms. The number of benzene rings is 1. The highest BCUT2D eigenvalue weighted by Gasteiger charge is 2.11. The Morgan fingerprint density at radius 2 is 2.00 bits per heavy atom. The molecule has 2 amide bonds. The second-order valence-corrected chi connectivity index (χ2v) is 4.60. The summed E-state index contributed by atoms with van der Waals surface area (Å²) in [7, 11) is 3.03. The van der Waals surface area contributed by atoms with Crippen LogP contribution in [0, 0.1) is 5.92 Å². The zero-order valence-corrected chi connectivity index (χ0v) is 12.3. The third-order valence-corrected chi connectivity index (χ3v) is 2.79. The van der Waals surface area contributed by atoms with E-state index in [0.29, 0.717) is 17.2 Å². The molecule has 21 heavy (non-hydrogen) atoms. The molecule has 1 atom stereocenters. The van der Waals surface area contributed by atoms with Crippen molar-refractivity contribution in [1.82, 2.24) is 5.32 Å². The van der Waals surface area contributed by atoms with E-state index in [1.54, 1.807) is 25.1 Å². The van der Waals surface area contributed by atoms with Gasteiger partial charge in [-0.1, -0.05) is 6.92 Å². The lowest BCUT2D eigenvalue weighted by molar-refractivity contribution is -0.137. The van der Waals surface area contributed by atoms with Crippen molar-refractivity contribution in [2.45, 2.75) is 13.3 Å². The van der Waals surface area contributed by atoms with Gasteiger partial charge in [0.1, 0.15) is 11.5 Å². The van der Waals surface area contributed by atoms with E-state index < -0.39 is 12.0 Å². The zero-order valence-electron chi connectivity index (χ0n) is 12.3. The van der Waals surface area contributed by atoms with E-state index in [2.05, 4.69) is 10.6 Å². The summed E-state index contributed by atoms with van der Waals surface area (Å²) in [5, 5.41) is 13.9. The first-order chi connectivity index (χ1) is 9.96. The van der Waals surface area contributed by atoms with Crippen molar-refractivity contribution >= 4 is 17.7 Å². The first kappa shape index (κ1) is 16.6. The lowest BCUT2D eigenvalue weighted by Gasteiger charge is -2.14. The predicted octanol–water partition coefficient (Wildman–Crippen LogP) is 1.94. The second kappa shape index (κ2) is 7.98. The fourth-order valence-corrected chi connectivity index (χ4v) is 1.72. The van der Waals surface area contributed by atoms with Gasteiger partial charge < -0.3 is 25.2 Å². The summed E-state index contributed by atoms with van der Waals surface area (Å²) in [4.78, 5) is 22.3. The highest BCUT2D eigenvalue weighted by Crippen LogP contribution is 2.28. The minimum Gasteiger partial charge on any atom is -0.497 e. The van der Waals surface area contributed by atoms with E-state index in [1.807, 2.05) is 0 Å². The van der Waals surface area contributed by atoms with E-state index in [-0.39, 0.29) is 18.9 Å². The number of hydrogen-bond donors (Lipinski definition) is 3. The maximum absolute atomic E-state index is 11.8. The average Bonchev–Trinajstić information content (AvgIpc) is 2.44. The van der Waals surface area contributed by atoms with Gasteiger partial charge in [0.25, 0.3) is 0 Å². The molecule has 0 saturated carbocycles. The molecule has 116 valence electrons. The quantitative estimate of drug-likeness (QED) is 0.714. The van der Waals surface area contributed by atoms with Crippen LogP contribution in [0.3, 0.4) is 0 Å². The largest absolute Gasteiger partial charge is 0.497 e. The third-order valence-electron chi connectivity index (χ3n) is 2.79. The van der Waals surface area contributed by atoms with E-state index in [1.165, 1.54) is 14.2 Å². The number of anilines is 1. The summed E-state index contributed by atoms with van der Waals surface area (Å²) < 4.78 is 10.2. The lowest BCUT2D eigenvalue weighted by Crippen LogP contribution is -2.33. The van der Waals surface area contributed by atoms with Crippen molar-refractivity contribution in [1.29, 1.82) is 0 Å². The average molecular weight is 296 g/mol. The number of urea groups is 1. The Morgan fingerprint density at radius 3 is 2.57 bits per heavy atom. The Kier molecular flexibility index (Phi) is 6.32. The van der Waals surface area contributed by atoms with Gasteiger partial charge >= 0.3 is 12.0 Å². The van der Waals surface area contributed by atoms with Crippen LogP contribution in [0.25, 0.3) is 0 Å². The molecule has 0 heterocycles. The number of ether oxygens (including phenoxy) is 2. The van der Waals surface area contributed by atoms with Crippen LogP contribution >= 0.6 is 0 Å². The van der Waals surface area contributed by atoms with Crippen molar-refractivity contribution < 1.29 is 24.2 Å². The molecule has 7 heteroatoms. The number of carboxylic acids is 1. The molecule has 1 rings (SSSR count). The fraction of sp³-hybridized carbons (Fsp3) is 0.429. The Labute approximate surface area is 123 Å². The van der Waals surface area contributed by atoms with E-state index in [4.69, 9.17) is 14.6 Å². The number of aliphatic carboxylic acids is 1. The number of carboxylic acid groups (broad SMARTS) is 1. The molecule has 0 fully saturated rings. The summed E-state index contributed by atoms with van der Waals surface area (Å²) in [5.74, 6) is 0.0505. The third kappa shape index (κ3) is 5.60. The van der Waals surface area contributed by atoms with Gasteiger partial charge in [0.2, 0.25) is 0 Å². The minimum atomic E-state index is -0.890. The maximum atomic E-state index is 11.8. The summed E-state index contributed by atoms with van der Waals surface area (Å²) in [6.07, 6.45) is 0.00274. The van der Waals surface area contributed by atoms with Crippen molar-refractivity contribution in [3.8, 4) is 11.5 Å². The van der Waals surface area contributed by atoms with Gasteiger partial charge in [0.15, 0.2) is 0 Å². The van der Waals surface area contributed by atoms with Crippen LogP contribution in [0.5, 0.6) is 11.5 Å². The summed E-state index contributed by atoms with van der Waals surface area (Å²) in [5.41, 5.74) is 0.472. The molecule has 3 N–H and O–H groups in total. The molecule has 7 nitrogen and oxygen atoms in total. The molecular formula is C14H20N2O5. The monoisotopic (exact) mass is 296 g/mol. The number of hydrogen-bond acceptors (Lipinski definition) is 4. The molecular weight excluding hydrogens is 276 g/mol. The van der Waals surface area contributed by atoms with Crippen molar-refractivity contribution in [2.24, 2.45) is 5.92 Å². The van der Waals surface area contributed by atoms with Crippen molar-refractivity contribution in [3.05, 3.63) is 18.2 Å². The Morgan fingerprint density at radius 1 is 1.29 bits per heavy atom. The first-order valence-corrected chi connectivity index (χ1v) is 6.45. The zero-order chi connectivity index (χ0) is 15.8. The van der Waals surface area contributed by atoms with Crippen molar-refractivity contribution in [2.75, 3.05) is 26.1 Å². The fourth-order valence-electron chi connectivity index (χ4n) is 1.72. The number of nitrogens with one attached hydrogen (secondary N) is 2. The molecule has 0 aliphatic carbocycles. The van der Waals surface area contributed by atoms with E-state index >= 15 is 0 Å². The normalized spacial score (nSPS) is 11.4. The standard InChI is InChI=1S/C14H20N2O5/c1-9(6-13(17)18)8-15-14(19)16-11-7-10(20-2)4-5-12(11)21-3/h4-5,7,9H,6,8H2,1-3H3,(H,17,18)(H2,15,16,19). The predicted molar refractivity (Wildman–Crippen MR) is 78.0 cm³/mol. The molecule has 1 aromatic carbocycles. The number of rotatable bonds is 7. The van der Waals surface area contributed by atoms with Crippen LogP contribution in [0.1, 0.15) is 13.3 Å². The van der Waals surface area contributed by atoms with Crippen LogP contribution in [-0.4, -0.2) is 37.9 Å². The highest BCUT2D eigenvalue weighted by molar-refractivity contribution is 5.91. The van der Waals surface area contributed by atoms with Gasteiger partial charge in [-0.2, -0.15) is 0 Å². The molecule has 0 aliphatic heterocycles. The van der Waals surface area contributed by atoms with Gasteiger partial charge in [-0.3, -0.25) is 4.79 Å². The first-order valence-electron chi connectivity index (χ1n) is 6.45. The number of carbonyl (C=O) groups excluding carboxylic acids is 1. The number of amides is 2. The van der Waals surface area contributed by atoms with Gasteiger partial charge in [-0.15, -0.1) is 0 Å². The van der Waals surface area contributed by atoms with E-state index in [0.717, 1.165) is 0 Å². The van der Waals surface area contributed by atoms with Crippen LogP contribution in [0.15, 0.2) is 18.2 Å². The Bertz CT molecular complexity index is 504. The molecule has 0 aliphatic rings. The minimum absolute atomic E-state index is 0.00274. The SMILES string of the molecule is COc1ccc(OC)c(NC(=O)NCC(C)CC(=O)O)c1. The Balaban J connectivity index is 2.59. The molecule has 0 radical (unpaired) electrons. The van der Waals surface area contributed by atoms with Crippen LogP contribution in [0.4, 0.5) is 10.5 Å². The van der Waals surface area contributed by atoms with Gasteiger partial charge in [-0.05, 0) is 18.1 Å². The molecule has 1 aromatic rings. The van der Waals surface area contributed by atoms with Gasteiger partial charge in [0.05, 0.1) is 19.9 Å². The lowest BCUT2D eigenvalue weighted by atomic mass is 10.1. The van der Waals surface area contributed by atoms with Crippen LogP contribution < -0.4 is 20.1 Å². The number of methoxy groups -OCH3 is 2. The molecule has 1 unspecified atom stereocenters. The Hall–Kier alpha value is -2.44.